The van der Waals surface area contributed by atoms with Gasteiger partial charge in [-0.15, -0.1) is 0 Å². The van der Waals surface area contributed by atoms with Crippen LogP contribution in [0, 0.1) is 5.92 Å². The summed E-state index contributed by atoms with van der Waals surface area (Å²) in [4.78, 5) is 18.9. The van der Waals surface area contributed by atoms with Gasteiger partial charge in [-0.25, -0.2) is 4.98 Å². The van der Waals surface area contributed by atoms with Crippen LogP contribution in [0.3, 0.4) is 0 Å². The molecule has 6 nitrogen and oxygen atoms in total. The van der Waals surface area contributed by atoms with Crippen molar-refractivity contribution in [2.24, 2.45) is 5.92 Å². The number of aliphatic hydroxyl groups is 1. The summed E-state index contributed by atoms with van der Waals surface area (Å²) in [6, 6.07) is 3.71. The Bertz CT molecular complexity index is 509. The van der Waals surface area contributed by atoms with Crippen LogP contribution in [0.2, 0.25) is 0 Å². The molecule has 2 N–H and O–H groups in total. The van der Waals surface area contributed by atoms with E-state index in [-0.39, 0.29) is 18.6 Å². The van der Waals surface area contributed by atoms with E-state index in [4.69, 9.17) is 4.74 Å². The summed E-state index contributed by atoms with van der Waals surface area (Å²) < 4.78 is 5.43. The second-order valence-electron chi connectivity index (χ2n) is 5.98. The minimum atomic E-state index is -0.340. The third kappa shape index (κ3) is 3.39. The molecule has 6 heteroatoms. The minimum Gasteiger partial charge on any atom is -0.396 e. The van der Waals surface area contributed by atoms with Gasteiger partial charge in [-0.2, -0.15) is 0 Å². The number of hydrogen-bond donors (Lipinski definition) is 2. The summed E-state index contributed by atoms with van der Waals surface area (Å²) >= 11 is 0. The zero-order valence-corrected chi connectivity index (χ0v) is 12.7. The third-order valence-corrected chi connectivity index (χ3v) is 4.44. The van der Waals surface area contributed by atoms with Crippen LogP contribution in [0.15, 0.2) is 18.3 Å². The molecule has 1 aromatic rings. The molecule has 120 valence electrons. The van der Waals surface area contributed by atoms with E-state index < -0.39 is 0 Å². The Labute approximate surface area is 130 Å². The first-order valence-electron chi connectivity index (χ1n) is 8.01. The van der Waals surface area contributed by atoms with Crippen LogP contribution in [0.4, 0.5) is 11.5 Å². The fourth-order valence-corrected chi connectivity index (χ4v) is 3.07. The van der Waals surface area contributed by atoms with Crippen molar-refractivity contribution in [3.8, 4) is 0 Å². The number of aromatic nitrogens is 1. The molecule has 1 unspecified atom stereocenters. The molecule has 2 fully saturated rings. The lowest BCUT2D eigenvalue weighted by Gasteiger charge is -2.33. The van der Waals surface area contributed by atoms with Gasteiger partial charge in [0.1, 0.15) is 6.10 Å². The topological polar surface area (TPSA) is 74.7 Å². The van der Waals surface area contributed by atoms with Crippen molar-refractivity contribution < 1.29 is 14.6 Å². The Morgan fingerprint density at radius 1 is 1.41 bits per heavy atom. The summed E-state index contributed by atoms with van der Waals surface area (Å²) in [7, 11) is 0. The van der Waals surface area contributed by atoms with Gasteiger partial charge < -0.3 is 20.1 Å². The van der Waals surface area contributed by atoms with Gasteiger partial charge in [-0.3, -0.25) is 4.79 Å². The molecule has 1 amide bonds. The van der Waals surface area contributed by atoms with E-state index in [1.165, 1.54) is 0 Å². The fourth-order valence-electron chi connectivity index (χ4n) is 3.07. The van der Waals surface area contributed by atoms with Crippen LogP contribution in [0.25, 0.3) is 0 Å². The molecule has 0 spiro atoms. The molecule has 1 aromatic heterocycles. The highest BCUT2D eigenvalue weighted by Gasteiger charge is 2.26. The molecule has 0 bridgehead atoms. The molecular formula is C16H23N3O3. The molecule has 22 heavy (non-hydrogen) atoms. The summed E-state index contributed by atoms with van der Waals surface area (Å²) in [5.41, 5.74) is 0.741. The monoisotopic (exact) mass is 305 g/mol. The Morgan fingerprint density at radius 3 is 2.91 bits per heavy atom. The van der Waals surface area contributed by atoms with Crippen molar-refractivity contribution in [1.82, 2.24) is 4.98 Å². The highest BCUT2D eigenvalue weighted by Crippen LogP contribution is 2.28. The van der Waals surface area contributed by atoms with Gasteiger partial charge in [0.15, 0.2) is 5.82 Å². The van der Waals surface area contributed by atoms with Crippen LogP contribution in [0.5, 0.6) is 0 Å². The number of anilines is 2. The van der Waals surface area contributed by atoms with Crippen LogP contribution in [-0.2, 0) is 9.53 Å². The van der Waals surface area contributed by atoms with Crippen molar-refractivity contribution in [3.63, 3.8) is 0 Å². The summed E-state index contributed by atoms with van der Waals surface area (Å²) in [5.74, 6) is 1.10. The van der Waals surface area contributed by atoms with Crippen molar-refractivity contribution >= 4 is 17.4 Å². The minimum absolute atomic E-state index is 0.0861. The van der Waals surface area contributed by atoms with Gasteiger partial charge in [0.2, 0.25) is 0 Å². The summed E-state index contributed by atoms with van der Waals surface area (Å²) in [5, 5.41) is 12.2. The molecule has 0 aliphatic carbocycles. The van der Waals surface area contributed by atoms with Crippen LogP contribution in [-0.4, -0.2) is 48.4 Å². The summed E-state index contributed by atoms with van der Waals surface area (Å²) in [6.45, 7) is 2.61. The highest BCUT2D eigenvalue weighted by atomic mass is 16.5. The molecule has 0 saturated carbocycles. The number of pyridine rings is 1. The molecule has 1 atom stereocenters. The second-order valence-corrected chi connectivity index (χ2v) is 5.98. The SMILES string of the molecule is O=C(Nc1cccnc1N1CCC(CO)CC1)C1CCCO1. The third-order valence-electron chi connectivity index (χ3n) is 4.44. The first-order chi connectivity index (χ1) is 10.8. The average molecular weight is 305 g/mol. The first-order valence-corrected chi connectivity index (χ1v) is 8.01. The first kappa shape index (κ1) is 15.2. The molecule has 3 heterocycles. The number of carbonyl (C=O) groups excluding carboxylic acids is 1. The number of piperidine rings is 1. The zero-order valence-electron chi connectivity index (χ0n) is 12.7. The number of rotatable bonds is 4. The van der Waals surface area contributed by atoms with Gasteiger partial charge in [0.25, 0.3) is 5.91 Å². The number of aliphatic hydroxyl groups excluding tert-OH is 1. The maximum Gasteiger partial charge on any atom is 0.253 e. The predicted molar refractivity (Wildman–Crippen MR) is 83.9 cm³/mol. The van der Waals surface area contributed by atoms with E-state index >= 15 is 0 Å². The lowest BCUT2D eigenvalue weighted by atomic mass is 9.98. The van der Waals surface area contributed by atoms with Gasteiger partial charge >= 0.3 is 0 Å². The number of amides is 1. The lowest BCUT2D eigenvalue weighted by Crippen LogP contribution is -2.36. The van der Waals surface area contributed by atoms with Gasteiger partial charge in [-0.05, 0) is 43.7 Å². The highest BCUT2D eigenvalue weighted by molar-refractivity contribution is 5.96. The van der Waals surface area contributed by atoms with Crippen molar-refractivity contribution in [1.29, 1.82) is 0 Å². The number of carbonyl (C=O) groups is 1. The van der Waals surface area contributed by atoms with E-state index in [0.29, 0.717) is 12.5 Å². The Balaban J connectivity index is 1.68. The standard InChI is InChI=1S/C16H23N3O3/c20-11-12-5-8-19(9-6-12)15-13(3-1-7-17-15)18-16(21)14-4-2-10-22-14/h1,3,7,12,14,20H,2,4-6,8-11H2,(H,18,21). The molecule has 2 saturated heterocycles. The zero-order chi connectivity index (χ0) is 15.4. The normalized spacial score (nSPS) is 22.8. The van der Waals surface area contributed by atoms with E-state index in [2.05, 4.69) is 15.2 Å². The molecule has 2 aliphatic rings. The predicted octanol–water partition coefficient (Wildman–Crippen LogP) is 1.41. The van der Waals surface area contributed by atoms with Crippen LogP contribution >= 0.6 is 0 Å². The van der Waals surface area contributed by atoms with E-state index in [9.17, 15) is 9.90 Å². The number of ether oxygens (including phenoxy) is 1. The molecular weight excluding hydrogens is 282 g/mol. The van der Waals surface area contributed by atoms with Crippen LogP contribution in [0.1, 0.15) is 25.7 Å². The largest absolute Gasteiger partial charge is 0.396 e. The van der Waals surface area contributed by atoms with Gasteiger partial charge in [0.05, 0.1) is 5.69 Å². The van der Waals surface area contributed by atoms with Crippen molar-refractivity contribution in [3.05, 3.63) is 18.3 Å². The number of nitrogens with one attached hydrogen (secondary N) is 1. The van der Waals surface area contributed by atoms with Gasteiger partial charge in [0, 0.05) is 32.5 Å². The van der Waals surface area contributed by atoms with E-state index in [1.54, 1.807) is 6.20 Å². The van der Waals surface area contributed by atoms with Crippen molar-refractivity contribution in [2.75, 3.05) is 36.5 Å². The quantitative estimate of drug-likeness (QED) is 0.880. The Kier molecular flexibility index (Phi) is 4.90. The Hall–Kier alpha value is -1.66. The number of nitrogens with zero attached hydrogens (tertiary/aromatic N) is 2. The number of hydrogen-bond acceptors (Lipinski definition) is 5. The maximum absolute atomic E-state index is 12.2. The van der Waals surface area contributed by atoms with E-state index in [0.717, 1.165) is 50.3 Å². The van der Waals surface area contributed by atoms with Crippen molar-refractivity contribution in [2.45, 2.75) is 31.8 Å². The second kappa shape index (κ2) is 7.07. The van der Waals surface area contributed by atoms with Crippen LogP contribution < -0.4 is 10.2 Å². The lowest BCUT2D eigenvalue weighted by molar-refractivity contribution is -0.124. The molecule has 2 aliphatic heterocycles. The maximum atomic E-state index is 12.2. The van der Waals surface area contributed by atoms with E-state index in [1.807, 2.05) is 12.1 Å². The molecule has 3 rings (SSSR count). The molecule has 0 radical (unpaired) electrons. The smallest absolute Gasteiger partial charge is 0.253 e. The van der Waals surface area contributed by atoms with Gasteiger partial charge in [-0.1, -0.05) is 0 Å². The molecule has 0 aromatic carbocycles. The average Bonchev–Trinajstić information content (AvgIpc) is 3.10. The Morgan fingerprint density at radius 2 is 2.23 bits per heavy atom. The summed E-state index contributed by atoms with van der Waals surface area (Å²) in [6.07, 6.45) is 5.02. The fraction of sp³-hybridized carbons (Fsp3) is 0.625.